The van der Waals surface area contributed by atoms with Gasteiger partial charge in [-0.15, -0.1) is 0 Å². The lowest BCUT2D eigenvalue weighted by Crippen LogP contribution is -2.26. The third kappa shape index (κ3) is 3.63. The van der Waals surface area contributed by atoms with E-state index in [1.54, 1.807) is 7.11 Å². The van der Waals surface area contributed by atoms with Gasteiger partial charge in [-0.25, -0.2) is 0 Å². The largest absolute Gasteiger partial charge is 0.493 e. The highest BCUT2D eigenvalue weighted by Gasteiger charge is 2.36. The molecule has 0 unspecified atom stereocenters. The first-order chi connectivity index (χ1) is 8.23. The summed E-state index contributed by atoms with van der Waals surface area (Å²) in [5.74, 6) is 1.61. The average molecular weight is 235 g/mol. The summed E-state index contributed by atoms with van der Waals surface area (Å²) in [4.78, 5) is 0. The van der Waals surface area contributed by atoms with Crippen molar-refractivity contribution >= 4 is 0 Å². The molecule has 0 saturated heterocycles. The number of nitrogens with one attached hydrogen (secondary N) is 1. The first-order valence-electron chi connectivity index (χ1n) is 6.20. The van der Waals surface area contributed by atoms with E-state index in [0.717, 1.165) is 24.6 Å². The summed E-state index contributed by atoms with van der Waals surface area (Å²) < 4.78 is 10.9. The minimum absolute atomic E-state index is 0.560. The van der Waals surface area contributed by atoms with Crippen molar-refractivity contribution in [3.63, 3.8) is 0 Å². The van der Waals surface area contributed by atoms with E-state index in [9.17, 15) is 0 Å². The van der Waals surface area contributed by atoms with Gasteiger partial charge in [0.2, 0.25) is 0 Å². The molecule has 0 aliphatic heterocycles. The fourth-order valence-electron chi connectivity index (χ4n) is 1.75. The number of para-hydroxylation sites is 2. The minimum Gasteiger partial charge on any atom is -0.493 e. The van der Waals surface area contributed by atoms with E-state index < -0.39 is 0 Å². The summed E-state index contributed by atoms with van der Waals surface area (Å²) in [6.45, 7) is 4.98. The lowest BCUT2D eigenvalue weighted by atomic mass is 10.1. The molecule has 0 spiro atoms. The second-order valence-electron chi connectivity index (χ2n) is 4.99. The maximum atomic E-state index is 5.68. The molecule has 1 aromatic carbocycles. The zero-order valence-electron chi connectivity index (χ0n) is 10.7. The molecule has 3 nitrogen and oxygen atoms in total. The molecular weight excluding hydrogens is 214 g/mol. The van der Waals surface area contributed by atoms with Crippen molar-refractivity contribution in [1.82, 2.24) is 5.32 Å². The zero-order chi connectivity index (χ0) is 12.1. The van der Waals surface area contributed by atoms with E-state index in [2.05, 4.69) is 12.2 Å². The summed E-state index contributed by atoms with van der Waals surface area (Å²) >= 11 is 0. The number of hydrogen-bond donors (Lipinski definition) is 1. The molecule has 0 amide bonds. The van der Waals surface area contributed by atoms with Crippen LogP contribution in [0.15, 0.2) is 24.3 Å². The van der Waals surface area contributed by atoms with Crippen molar-refractivity contribution in [3.05, 3.63) is 24.3 Å². The third-order valence-corrected chi connectivity index (χ3v) is 3.26. The second-order valence-corrected chi connectivity index (χ2v) is 4.99. The molecule has 1 aliphatic carbocycles. The molecular formula is C14H21NO2. The van der Waals surface area contributed by atoms with Gasteiger partial charge in [0.25, 0.3) is 0 Å². The van der Waals surface area contributed by atoms with E-state index in [1.165, 1.54) is 12.8 Å². The fourth-order valence-corrected chi connectivity index (χ4v) is 1.75. The summed E-state index contributed by atoms with van der Waals surface area (Å²) in [6.07, 6.45) is 2.71. The van der Waals surface area contributed by atoms with Crippen LogP contribution in [0, 0.1) is 5.41 Å². The van der Waals surface area contributed by atoms with Crippen LogP contribution in [0.25, 0.3) is 0 Å². The van der Waals surface area contributed by atoms with Crippen molar-refractivity contribution in [2.75, 3.05) is 26.8 Å². The smallest absolute Gasteiger partial charge is 0.161 e. The SMILES string of the molecule is COc1ccccc1OCCNCC1(C)CC1. The number of ether oxygens (including phenoxy) is 2. The zero-order valence-corrected chi connectivity index (χ0v) is 10.7. The van der Waals surface area contributed by atoms with Crippen LogP contribution in [0.1, 0.15) is 19.8 Å². The van der Waals surface area contributed by atoms with E-state index in [-0.39, 0.29) is 0 Å². The standard InChI is InChI=1S/C14H21NO2/c1-14(7-8-14)11-15-9-10-17-13-6-4-3-5-12(13)16-2/h3-6,15H,7-11H2,1-2H3. The Morgan fingerprint density at radius 2 is 1.94 bits per heavy atom. The van der Waals surface area contributed by atoms with Gasteiger partial charge >= 0.3 is 0 Å². The van der Waals surface area contributed by atoms with Crippen LogP contribution < -0.4 is 14.8 Å². The number of benzene rings is 1. The molecule has 0 atom stereocenters. The van der Waals surface area contributed by atoms with Crippen molar-refractivity contribution < 1.29 is 9.47 Å². The monoisotopic (exact) mass is 235 g/mol. The molecule has 1 aromatic rings. The van der Waals surface area contributed by atoms with E-state index in [4.69, 9.17) is 9.47 Å². The minimum atomic E-state index is 0.560. The van der Waals surface area contributed by atoms with Crippen molar-refractivity contribution in [2.24, 2.45) is 5.41 Å². The molecule has 2 rings (SSSR count). The summed E-state index contributed by atoms with van der Waals surface area (Å²) in [6, 6.07) is 7.74. The molecule has 3 heteroatoms. The van der Waals surface area contributed by atoms with E-state index >= 15 is 0 Å². The van der Waals surface area contributed by atoms with Crippen LogP contribution in [0.5, 0.6) is 11.5 Å². The Labute approximate surface area is 103 Å². The number of hydrogen-bond acceptors (Lipinski definition) is 3. The predicted molar refractivity (Wildman–Crippen MR) is 68.7 cm³/mol. The van der Waals surface area contributed by atoms with Gasteiger partial charge in [-0.05, 0) is 30.4 Å². The molecule has 1 aliphatic rings. The van der Waals surface area contributed by atoms with Crippen LogP contribution in [-0.4, -0.2) is 26.8 Å². The van der Waals surface area contributed by atoms with Gasteiger partial charge in [-0.2, -0.15) is 0 Å². The maximum absolute atomic E-state index is 5.68. The Kier molecular flexibility index (Phi) is 3.89. The molecule has 1 N–H and O–H groups in total. The average Bonchev–Trinajstić information content (AvgIpc) is 3.08. The Bertz CT molecular complexity index is 361. The summed E-state index contributed by atoms with van der Waals surface area (Å²) in [7, 11) is 1.66. The quantitative estimate of drug-likeness (QED) is 0.736. The highest BCUT2D eigenvalue weighted by atomic mass is 16.5. The van der Waals surface area contributed by atoms with Crippen LogP contribution >= 0.6 is 0 Å². The van der Waals surface area contributed by atoms with Crippen LogP contribution in [0.4, 0.5) is 0 Å². The van der Waals surface area contributed by atoms with Gasteiger partial charge in [0, 0.05) is 13.1 Å². The molecule has 1 saturated carbocycles. The lowest BCUT2D eigenvalue weighted by molar-refractivity contribution is 0.288. The van der Waals surface area contributed by atoms with Gasteiger partial charge in [0.05, 0.1) is 7.11 Å². The Morgan fingerprint density at radius 3 is 2.59 bits per heavy atom. The van der Waals surface area contributed by atoms with Gasteiger partial charge in [0.1, 0.15) is 6.61 Å². The van der Waals surface area contributed by atoms with Gasteiger partial charge in [-0.1, -0.05) is 19.1 Å². The Morgan fingerprint density at radius 1 is 1.24 bits per heavy atom. The van der Waals surface area contributed by atoms with Crippen molar-refractivity contribution in [3.8, 4) is 11.5 Å². The molecule has 0 radical (unpaired) electrons. The van der Waals surface area contributed by atoms with E-state index in [0.29, 0.717) is 12.0 Å². The summed E-state index contributed by atoms with van der Waals surface area (Å²) in [5.41, 5.74) is 0.560. The first-order valence-corrected chi connectivity index (χ1v) is 6.20. The molecule has 1 fully saturated rings. The number of methoxy groups -OCH3 is 1. The topological polar surface area (TPSA) is 30.5 Å². The van der Waals surface area contributed by atoms with Crippen molar-refractivity contribution in [2.45, 2.75) is 19.8 Å². The third-order valence-electron chi connectivity index (χ3n) is 3.26. The van der Waals surface area contributed by atoms with Gasteiger partial charge in [0.15, 0.2) is 11.5 Å². The first kappa shape index (κ1) is 12.2. The van der Waals surface area contributed by atoms with Crippen LogP contribution in [0.3, 0.4) is 0 Å². The van der Waals surface area contributed by atoms with Crippen LogP contribution in [-0.2, 0) is 0 Å². The van der Waals surface area contributed by atoms with Crippen LogP contribution in [0.2, 0.25) is 0 Å². The van der Waals surface area contributed by atoms with E-state index in [1.807, 2.05) is 24.3 Å². The molecule has 94 valence electrons. The molecule has 0 bridgehead atoms. The molecule has 17 heavy (non-hydrogen) atoms. The highest BCUT2D eigenvalue weighted by molar-refractivity contribution is 5.39. The second kappa shape index (κ2) is 5.41. The highest BCUT2D eigenvalue weighted by Crippen LogP contribution is 2.43. The van der Waals surface area contributed by atoms with Crippen molar-refractivity contribution in [1.29, 1.82) is 0 Å². The normalized spacial score (nSPS) is 16.6. The molecule has 0 heterocycles. The molecule has 0 aromatic heterocycles. The van der Waals surface area contributed by atoms with Gasteiger partial charge < -0.3 is 14.8 Å². The predicted octanol–water partition coefficient (Wildman–Crippen LogP) is 2.46. The Balaban J connectivity index is 1.67. The fraction of sp³-hybridized carbons (Fsp3) is 0.571. The Hall–Kier alpha value is -1.22. The maximum Gasteiger partial charge on any atom is 0.161 e. The number of rotatable bonds is 7. The summed E-state index contributed by atoms with van der Waals surface area (Å²) in [5, 5.41) is 3.43. The lowest BCUT2D eigenvalue weighted by Gasteiger charge is -2.12. The van der Waals surface area contributed by atoms with Gasteiger partial charge in [-0.3, -0.25) is 0 Å².